The van der Waals surface area contributed by atoms with Crippen molar-refractivity contribution in [1.29, 1.82) is 0 Å². The summed E-state index contributed by atoms with van der Waals surface area (Å²) in [5.74, 6) is -1.45. The largest absolute Gasteiger partial charge is 0.453 e. The lowest BCUT2D eigenvalue weighted by molar-refractivity contribution is -0.146. The van der Waals surface area contributed by atoms with Crippen molar-refractivity contribution >= 4 is 17.4 Å². The zero-order valence-electron chi connectivity index (χ0n) is 16.0. The Kier molecular flexibility index (Phi) is 5.49. The Morgan fingerprint density at radius 1 is 1.03 bits per heavy atom. The van der Waals surface area contributed by atoms with E-state index in [1.165, 1.54) is 12.1 Å². The maximum atomic E-state index is 13.3. The number of carbonyl (C=O) groups is 1. The summed E-state index contributed by atoms with van der Waals surface area (Å²) in [6, 6.07) is 11.3. The molecule has 2 aromatic carbocycles. The van der Waals surface area contributed by atoms with E-state index in [0.717, 1.165) is 0 Å². The van der Waals surface area contributed by atoms with Gasteiger partial charge in [-0.2, -0.15) is 17.9 Å². The maximum Gasteiger partial charge on any atom is 0.453 e. The standard InChI is InChI=1S/C20H18ClF3N4O/c1-19(2,3)11-17(29)14-8-13(12-4-6-15(21)7-5-12)9-16(10-14)28-18(20(22,23)24)25-26-27-28/h4-10H,11H2,1-3H3. The molecule has 0 atom stereocenters. The molecule has 5 nitrogen and oxygen atoms in total. The minimum atomic E-state index is -4.74. The predicted octanol–water partition coefficient (Wildman–Crippen LogP) is 5.62. The summed E-state index contributed by atoms with van der Waals surface area (Å²) in [6.07, 6.45) is -4.51. The number of nitrogens with zero attached hydrogens (tertiary/aromatic N) is 4. The molecule has 3 aromatic rings. The molecule has 0 spiro atoms. The summed E-state index contributed by atoms with van der Waals surface area (Å²) in [7, 11) is 0. The van der Waals surface area contributed by atoms with E-state index < -0.39 is 12.0 Å². The van der Waals surface area contributed by atoms with Gasteiger partial charge in [-0.25, -0.2) is 0 Å². The van der Waals surface area contributed by atoms with Crippen LogP contribution in [0.4, 0.5) is 13.2 Å². The number of alkyl halides is 3. The summed E-state index contributed by atoms with van der Waals surface area (Å²) in [5, 5.41) is 10.2. The molecule has 0 N–H and O–H groups in total. The Balaban J connectivity index is 2.17. The minimum absolute atomic E-state index is 0.0482. The van der Waals surface area contributed by atoms with E-state index >= 15 is 0 Å². The molecule has 9 heteroatoms. The van der Waals surface area contributed by atoms with Crippen molar-refractivity contribution in [3.63, 3.8) is 0 Å². The monoisotopic (exact) mass is 422 g/mol. The number of hydrogen-bond acceptors (Lipinski definition) is 4. The summed E-state index contributed by atoms with van der Waals surface area (Å²) >= 11 is 5.93. The van der Waals surface area contributed by atoms with Gasteiger partial charge in [-0.05, 0) is 57.3 Å². The molecule has 1 aromatic heterocycles. The van der Waals surface area contributed by atoms with Crippen molar-refractivity contribution in [1.82, 2.24) is 20.2 Å². The van der Waals surface area contributed by atoms with E-state index in [0.29, 0.717) is 20.8 Å². The third-order valence-corrected chi connectivity index (χ3v) is 4.33. The summed E-state index contributed by atoms with van der Waals surface area (Å²) in [6.45, 7) is 5.74. The molecule has 1 heterocycles. The normalized spacial score (nSPS) is 12.2. The fraction of sp³-hybridized carbons (Fsp3) is 0.300. The van der Waals surface area contributed by atoms with Crippen LogP contribution < -0.4 is 0 Å². The zero-order valence-corrected chi connectivity index (χ0v) is 16.7. The van der Waals surface area contributed by atoms with Crippen molar-refractivity contribution in [2.45, 2.75) is 33.4 Å². The number of carbonyl (C=O) groups excluding carboxylic acids is 1. The third-order valence-electron chi connectivity index (χ3n) is 4.08. The first-order valence-electron chi connectivity index (χ1n) is 8.74. The molecule has 0 saturated carbocycles. The number of tetrazole rings is 1. The number of hydrogen-bond donors (Lipinski definition) is 0. The van der Waals surface area contributed by atoms with Crippen molar-refractivity contribution in [3.05, 3.63) is 58.9 Å². The quantitative estimate of drug-likeness (QED) is 0.512. The first-order chi connectivity index (χ1) is 13.4. The van der Waals surface area contributed by atoms with Gasteiger partial charge in [0.15, 0.2) is 5.78 Å². The Hall–Kier alpha value is -2.74. The lowest BCUT2D eigenvalue weighted by atomic mass is 9.87. The second-order valence-corrected chi connectivity index (χ2v) is 8.28. The Morgan fingerprint density at radius 3 is 2.28 bits per heavy atom. The van der Waals surface area contributed by atoms with Crippen molar-refractivity contribution in [2.24, 2.45) is 5.41 Å². The van der Waals surface area contributed by atoms with E-state index in [4.69, 9.17) is 11.6 Å². The molecule has 0 fully saturated rings. The smallest absolute Gasteiger partial charge is 0.294 e. The van der Waals surface area contributed by atoms with E-state index in [1.807, 2.05) is 20.8 Å². The van der Waals surface area contributed by atoms with Crippen LogP contribution >= 0.6 is 11.6 Å². The third kappa shape index (κ3) is 5.00. The summed E-state index contributed by atoms with van der Waals surface area (Å²) < 4.78 is 40.4. The fourth-order valence-corrected chi connectivity index (χ4v) is 2.95. The lowest BCUT2D eigenvalue weighted by Gasteiger charge is -2.18. The molecule has 0 aliphatic heterocycles. The van der Waals surface area contributed by atoms with Gasteiger partial charge in [0.05, 0.1) is 5.69 Å². The Morgan fingerprint density at radius 2 is 1.69 bits per heavy atom. The van der Waals surface area contributed by atoms with Gasteiger partial charge in [-0.15, -0.1) is 5.10 Å². The molecule has 0 unspecified atom stereocenters. The maximum absolute atomic E-state index is 13.3. The predicted molar refractivity (Wildman–Crippen MR) is 103 cm³/mol. The van der Waals surface area contributed by atoms with Gasteiger partial charge >= 0.3 is 6.18 Å². The molecule has 0 aliphatic rings. The number of aromatic nitrogens is 4. The number of halogens is 4. The zero-order chi connectivity index (χ0) is 21.4. The average Bonchev–Trinajstić information content (AvgIpc) is 3.11. The summed E-state index contributed by atoms with van der Waals surface area (Å²) in [4.78, 5) is 12.8. The molecule has 0 amide bonds. The highest BCUT2D eigenvalue weighted by molar-refractivity contribution is 6.30. The SMILES string of the molecule is CC(C)(C)CC(=O)c1cc(-c2ccc(Cl)cc2)cc(-n2nnnc2C(F)(F)F)c1. The van der Waals surface area contributed by atoms with Crippen LogP contribution in [0, 0.1) is 5.41 Å². The van der Waals surface area contributed by atoms with Gasteiger partial charge < -0.3 is 0 Å². The van der Waals surface area contributed by atoms with Gasteiger partial charge in [-0.3, -0.25) is 4.79 Å². The van der Waals surface area contributed by atoms with Crippen molar-refractivity contribution < 1.29 is 18.0 Å². The molecule has 3 rings (SSSR count). The van der Waals surface area contributed by atoms with Crippen LogP contribution in [0.3, 0.4) is 0 Å². The van der Waals surface area contributed by atoms with Crippen LogP contribution in [-0.2, 0) is 6.18 Å². The number of benzene rings is 2. The first-order valence-corrected chi connectivity index (χ1v) is 9.12. The molecule has 29 heavy (non-hydrogen) atoms. The van der Waals surface area contributed by atoms with Crippen molar-refractivity contribution in [3.8, 4) is 16.8 Å². The van der Waals surface area contributed by atoms with Crippen LogP contribution in [0.2, 0.25) is 5.02 Å². The molecular weight excluding hydrogens is 405 g/mol. The second kappa shape index (κ2) is 7.59. The highest BCUT2D eigenvalue weighted by atomic mass is 35.5. The van der Waals surface area contributed by atoms with E-state index in [2.05, 4.69) is 15.5 Å². The minimum Gasteiger partial charge on any atom is -0.294 e. The number of ketones is 1. The molecule has 0 bridgehead atoms. The molecular formula is C20H18ClF3N4O. The van der Waals surface area contributed by atoms with Crippen LogP contribution in [0.5, 0.6) is 0 Å². The van der Waals surface area contributed by atoms with Crippen LogP contribution in [0.15, 0.2) is 42.5 Å². The van der Waals surface area contributed by atoms with Gasteiger partial charge in [0.1, 0.15) is 0 Å². The molecule has 152 valence electrons. The van der Waals surface area contributed by atoms with Crippen molar-refractivity contribution in [2.75, 3.05) is 0 Å². The van der Waals surface area contributed by atoms with Crippen LogP contribution in [-0.4, -0.2) is 26.0 Å². The van der Waals surface area contributed by atoms with E-state index in [-0.39, 0.29) is 28.9 Å². The van der Waals surface area contributed by atoms with Gasteiger partial charge in [0.2, 0.25) is 0 Å². The second-order valence-electron chi connectivity index (χ2n) is 7.85. The molecule has 0 aliphatic carbocycles. The lowest BCUT2D eigenvalue weighted by Crippen LogP contribution is -2.16. The average molecular weight is 423 g/mol. The van der Waals surface area contributed by atoms with E-state index in [9.17, 15) is 18.0 Å². The number of Topliss-reactive ketones (excluding diaryl/α,β-unsaturated/α-hetero) is 1. The van der Waals surface area contributed by atoms with Gasteiger partial charge in [0.25, 0.3) is 5.82 Å². The Bertz CT molecular complexity index is 1040. The van der Waals surface area contributed by atoms with Gasteiger partial charge in [-0.1, -0.05) is 44.5 Å². The van der Waals surface area contributed by atoms with Gasteiger partial charge in [0, 0.05) is 17.0 Å². The van der Waals surface area contributed by atoms with Crippen LogP contribution in [0.25, 0.3) is 16.8 Å². The Labute approximate surface area is 170 Å². The van der Waals surface area contributed by atoms with Crippen LogP contribution in [0.1, 0.15) is 43.4 Å². The fourth-order valence-electron chi connectivity index (χ4n) is 2.82. The van der Waals surface area contributed by atoms with E-state index in [1.54, 1.807) is 30.3 Å². The topological polar surface area (TPSA) is 60.7 Å². The summed E-state index contributed by atoms with van der Waals surface area (Å²) in [5.41, 5.74) is 1.31. The highest BCUT2D eigenvalue weighted by Gasteiger charge is 2.38. The molecule has 0 radical (unpaired) electrons. The molecule has 0 saturated heterocycles. The number of rotatable bonds is 4. The highest BCUT2D eigenvalue weighted by Crippen LogP contribution is 2.32. The first kappa shape index (κ1) is 21.0.